The predicted octanol–water partition coefficient (Wildman–Crippen LogP) is 1.31. The maximum atomic E-state index is 11.5. The average Bonchev–Trinajstić information content (AvgIpc) is 2.70. The van der Waals surface area contributed by atoms with E-state index in [9.17, 15) is 4.79 Å². The van der Waals surface area contributed by atoms with Crippen LogP contribution in [0.15, 0.2) is 23.2 Å². The number of methoxy groups -OCH3 is 1. The molecule has 0 saturated carbocycles. The topological polar surface area (TPSA) is 78.0 Å². The molecule has 3 N–H and O–H groups in total. The maximum Gasteiger partial charge on any atom is 0.233 e. The molecular formula is C21H35N5O2. The number of ether oxygens (including phenoxy) is 1. The zero-order chi connectivity index (χ0) is 20.4. The van der Waals surface area contributed by atoms with Crippen molar-refractivity contribution in [2.24, 2.45) is 4.99 Å². The van der Waals surface area contributed by atoms with E-state index in [1.54, 1.807) is 14.2 Å². The van der Waals surface area contributed by atoms with Gasteiger partial charge >= 0.3 is 0 Å². The lowest BCUT2D eigenvalue weighted by atomic mass is 10.1. The highest BCUT2D eigenvalue weighted by atomic mass is 16.5. The second-order valence-corrected chi connectivity index (χ2v) is 7.18. The lowest BCUT2D eigenvalue weighted by Crippen LogP contribution is -2.50. The molecule has 0 atom stereocenters. The summed E-state index contributed by atoms with van der Waals surface area (Å²) in [4.78, 5) is 18.5. The van der Waals surface area contributed by atoms with Crippen molar-refractivity contribution in [2.45, 2.75) is 39.2 Å². The van der Waals surface area contributed by atoms with Crippen LogP contribution < -0.4 is 20.7 Å². The van der Waals surface area contributed by atoms with E-state index in [-0.39, 0.29) is 5.91 Å². The third kappa shape index (κ3) is 7.03. The molecule has 1 aromatic rings. The zero-order valence-corrected chi connectivity index (χ0v) is 17.7. The fourth-order valence-electron chi connectivity index (χ4n) is 3.35. The molecule has 1 aliphatic heterocycles. The summed E-state index contributed by atoms with van der Waals surface area (Å²) in [6.07, 6.45) is 2.89. The van der Waals surface area contributed by atoms with Crippen molar-refractivity contribution >= 4 is 11.9 Å². The maximum absolute atomic E-state index is 11.5. The molecule has 0 radical (unpaired) electrons. The van der Waals surface area contributed by atoms with Crippen LogP contribution in [0.1, 0.15) is 30.9 Å². The first kappa shape index (κ1) is 22.0. The summed E-state index contributed by atoms with van der Waals surface area (Å²) in [6, 6.07) is 6.70. The van der Waals surface area contributed by atoms with E-state index >= 15 is 0 Å². The molecule has 0 spiro atoms. The van der Waals surface area contributed by atoms with Gasteiger partial charge in [-0.05, 0) is 50.3 Å². The summed E-state index contributed by atoms with van der Waals surface area (Å²) in [7, 11) is 3.39. The van der Waals surface area contributed by atoms with Crippen molar-refractivity contribution in [2.75, 3.05) is 46.9 Å². The van der Waals surface area contributed by atoms with Crippen molar-refractivity contribution in [3.63, 3.8) is 0 Å². The monoisotopic (exact) mass is 389 g/mol. The van der Waals surface area contributed by atoms with Gasteiger partial charge in [-0.3, -0.25) is 14.7 Å². The Morgan fingerprint density at radius 3 is 2.71 bits per heavy atom. The van der Waals surface area contributed by atoms with E-state index in [2.05, 4.69) is 46.0 Å². The van der Waals surface area contributed by atoms with Gasteiger partial charge < -0.3 is 20.7 Å². The first-order valence-corrected chi connectivity index (χ1v) is 10.2. The molecule has 1 aliphatic rings. The molecule has 28 heavy (non-hydrogen) atoms. The molecule has 1 fully saturated rings. The van der Waals surface area contributed by atoms with Crippen molar-refractivity contribution in [1.29, 1.82) is 0 Å². The Morgan fingerprint density at radius 1 is 1.32 bits per heavy atom. The fraction of sp³-hybridized carbons (Fsp3) is 0.619. The third-order valence-corrected chi connectivity index (χ3v) is 5.06. The lowest BCUT2D eigenvalue weighted by molar-refractivity contribution is -0.122. The molecule has 0 unspecified atom stereocenters. The second kappa shape index (κ2) is 11.5. The molecular weight excluding hydrogens is 354 g/mol. The largest absolute Gasteiger partial charge is 0.496 e. The Hall–Kier alpha value is -2.28. The van der Waals surface area contributed by atoms with Gasteiger partial charge in [-0.1, -0.05) is 12.1 Å². The minimum atomic E-state index is 0.0778. The number of amides is 1. The van der Waals surface area contributed by atoms with Gasteiger partial charge in [-0.15, -0.1) is 0 Å². The van der Waals surface area contributed by atoms with Gasteiger partial charge in [0.2, 0.25) is 5.91 Å². The fourth-order valence-corrected chi connectivity index (χ4v) is 3.35. The number of nitrogens with zero attached hydrogens (tertiary/aromatic N) is 2. The number of likely N-dealkylation sites (N-methyl/N-ethyl adjacent to an activating group) is 1. The number of hydrogen-bond acceptors (Lipinski definition) is 4. The highest BCUT2D eigenvalue weighted by Gasteiger charge is 2.21. The van der Waals surface area contributed by atoms with Crippen LogP contribution in [0.5, 0.6) is 5.75 Å². The van der Waals surface area contributed by atoms with E-state index in [1.165, 1.54) is 5.56 Å². The average molecular weight is 390 g/mol. The van der Waals surface area contributed by atoms with Crippen molar-refractivity contribution < 1.29 is 9.53 Å². The normalized spacial score (nSPS) is 15.9. The zero-order valence-electron chi connectivity index (χ0n) is 17.7. The van der Waals surface area contributed by atoms with Gasteiger partial charge in [0.05, 0.1) is 13.7 Å². The van der Waals surface area contributed by atoms with Crippen LogP contribution in [-0.2, 0) is 11.2 Å². The highest BCUT2D eigenvalue weighted by Crippen LogP contribution is 2.19. The van der Waals surface area contributed by atoms with Crippen LogP contribution in [0.25, 0.3) is 0 Å². The molecule has 1 aromatic carbocycles. The van der Waals surface area contributed by atoms with Crippen LogP contribution in [-0.4, -0.2) is 69.7 Å². The molecule has 7 heteroatoms. The van der Waals surface area contributed by atoms with Crippen molar-refractivity contribution in [3.8, 4) is 5.75 Å². The molecule has 0 aromatic heterocycles. The number of nitrogens with one attached hydrogen (secondary N) is 3. The van der Waals surface area contributed by atoms with Gasteiger partial charge in [-0.2, -0.15) is 0 Å². The van der Waals surface area contributed by atoms with E-state index in [1.807, 2.05) is 6.92 Å². The smallest absolute Gasteiger partial charge is 0.233 e. The molecule has 1 heterocycles. The SMILES string of the molecule is CCNC(=NCCc1ccc(C)c(OC)c1)NC1CCN(CC(=O)NC)CC1. The summed E-state index contributed by atoms with van der Waals surface area (Å²) in [6.45, 7) is 8.01. The summed E-state index contributed by atoms with van der Waals surface area (Å²) in [5.74, 6) is 1.87. The Morgan fingerprint density at radius 2 is 2.07 bits per heavy atom. The minimum Gasteiger partial charge on any atom is -0.496 e. The number of hydrogen-bond donors (Lipinski definition) is 3. The first-order chi connectivity index (χ1) is 13.5. The lowest BCUT2D eigenvalue weighted by Gasteiger charge is -2.32. The van der Waals surface area contributed by atoms with E-state index < -0.39 is 0 Å². The minimum absolute atomic E-state index is 0.0778. The molecule has 1 saturated heterocycles. The number of rotatable bonds is 8. The van der Waals surface area contributed by atoms with Gasteiger partial charge in [0.25, 0.3) is 0 Å². The number of aryl methyl sites for hydroxylation is 1. The van der Waals surface area contributed by atoms with Crippen LogP contribution in [0.3, 0.4) is 0 Å². The Kier molecular flexibility index (Phi) is 9.07. The van der Waals surface area contributed by atoms with Gasteiger partial charge in [0, 0.05) is 39.3 Å². The number of aliphatic imine (C=N–C) groups is 1. The van der Waals surface area contributed by atoms with E-state index in [4.69, 9.17) is 9.73 Å². The summed E-state index contributed by atoms with van der Waals surface area (Å²) >= 11 is 0. The molecule has 156 valence electrons. The summed E-state index contributed by atoms with van der Waals surface area (Å²) in [5.41, 5.74) is 2.37. The molecule has 0 aliphatic carbocycles. The van der Waals surface area contributed by atoms with Crippen LogP contribution in [0, 0.1) is 6.92 Å². The number of piperidine rings is 1. The summed E-state index contributed by atoms with van der Waals surface area (Å²) in [5, 5.41) is 9.57. The van der Waals surface area contributed by atoms with E-state index in [0.717, 1.165) is 62.7 Å². The number of guanidine groups is 1. The predicted molar refractivity (Wildman–Crippen MR) is 114 cm³/mol. The van der Waals surface area contributed by atoms with Crippen LogP contribution in [0.2, 0.25) is 0 Å². The number of carbonyl (C=O) groups is 1. The molecule has 2 rings (SSSR count). The van der Waals surface area contributed by atoms with Crippen LogP contribution >= 0.6 is 0 Å². The second-order valence-electron chi connectivity index (χ2n) is 7.18. The first-order valence-electron chi connectivity index (χ1n) is 10.2. The third-order valence-electron chi connectivity index (χ3n) is 5.06. The van der Waals surface area contributed by atoms with Crippen molar-refractivity contribution in [1.82, 2.24) is 20.9 Å². The van der Waals surface area contributed by atoms with Gasteiger partial charge in [0.1, 0.15) is 5.75 Å². The van der Waals surface area contributed by atoms with Crippen LogP contribution in [0.4, 0.5) is 0 Å². The quantitative estimate of drug-likeness (QED) is 0.462. The van der Waals surface area contributed by atoms with Crippen molar-refractivity contribution in [3.05, 3.63) is 29.3 Å². The number of benzene rings is 1. The van der Waals surface area contributed by atoms with E-state index in [0.29, 0.717) is 12.6 Å². The number of likely N-dealkylation sites (tertiary alicyclic amines) is 1. The molecule has 7 nitrogen and oxygen atoms in total. The number of carbonyl (C=O) groups excluding carboxylic acids is 1. The Labute approximate surface area is 168 Å². The highest BCUT2D eigenvalue weighted by molar-refractivity contribution is 5.80. The standard InChI is InChI=1S/C21H35N5O2/c1-5-23-21(24-11-8-17-7-6-16(2)19(14-17)28-4)25-18-9-12-26(13-10-18)15-20(27)22-3/h6-7,14,18H,5,8-13,15H2,1-4H3,(H,22,27)(H2,23,24,25). The molecule has 1 amide bonds. The Balaban J connectivity index is 1.83. The Bertz CT molecular complexity index is 654. The van der Waals surface area contributed by atoms with Gasteiger partial charge in [0.15, 0.2) is 5.96 Å². The van der Waals surface area contributed by atoms with Gasteiger partial charge in [-0.25, -0.2) is 0 Å². The molecule has 0 bridgehead atoms. The summed E-state index contributed by atoms with van der Waals surface area (Å²) < 4.78 is 5.40.